The number of halogens is 3. The van der Waals surface area contributed by atoms with Gasteiger partial charge in [-0.3, -0.25) is 9.78 Å². The molecule has 0 spiro atoms. The molecule has 1 unspecified atom stereocenters. The maximum Gasteiger partial charge on any atom is 0.417 e. The van der Waals surface area contributed by atoms with Gasteiger partial charge in [0.15, 0.2) is 0 Å². The number of aromatic nitrogens is 1. The molecule has 33 heavy (non-hydrogen) atoms. The van der Waals surface area contributed by atoms with Gasteiger partial charge in [-0.1, -0.05) is 30.3 Å². The van der Waals surface area contributed by atoms with Crippen molar-refractivity contribution in [3.63, 3.8) is 0 Å². The molecule has 0 radical (unpaired) electrons. The summed E-state index contributed by atoms with van der Waals surface area (Å²) in [5, 5.41) is 2.42. The maximum atomic E-state index is 13.4. The Morgan fingerprint density at radius 1 is 1.09 bits per heavy atom. The Morgan fingerprint density at radius 3 is 2.48 bits per heavy atom. The highest BCUT2D eigenvalue weighted by Gasteiger charge is 2.37. The zero-order chi connectivity index (χ0) is 24.2. The lowest BCUT2D eigenvalue weighted by atomic mass is 9.97. The molecule has 0 saturated carbocycles. The highest BCUT2D eigenvalue weighted by molar-refractivity contribution is 7.89. The van der Waals surface area contributed by atoms with Crippen LogP contribution in [0.2, 0.25) is 0 Å². The molecule has 0 aliphatic heterocycles. The third kappa shape index (κ3) is 5.77. The number of carbonyl (C=O) groups excluding carboxylic acids is 1. The average Bonchev–Trinajstić information content (AvgIpc) is 2.78. The van der Waals surface area contributed by atoms with Crippen molar-refractivity contribution in [3.8, 4) is 11.1 Å². The van der Waals surface area contributed by atoms with Gasteiger partial charge in [0.1, 0.15) is 0 Å². The molecule has 3 rings (SSSR count). The topological polar surface area (TPSA) is 88.2 Å². The molecular formula is C23H22F3N3O3S. The minimum atomic E-state index is -4.86. The second-order valence-electron chi connectivity index (χ2n) is 7.36. The molecular weight excluding hydrogens is 455 g/mol. The summed E-state index contributed by atoms with van der Waals surface area (Å²) in [6, 6.07) is 11.4. The summed E-state index contributed by atoms with van der Waals surface area (Å²) in [5.74, 6) is -0.475. The molecule has 0 fully saturated rings. The molecule has 0 aliphatic rings. The molecule has 10 heteroatoms. The first-order valence-electron chi connectivity index (χ1n) is 9.93. The summed E-state index contributed by atoms with van der Waals surface area (Å²) in [5.41, 5.74) is 1.65. The number of benzene rings is 2. The van der Waals surface area contributed by atoms with E-state index in [1.165, 1.54) is 13.1 Å². The summed E-state index contributed by atoms with van der Waals surface area (Å²) >= 11 is 0. The Balaban J connectivity index is 2.05. The molecule has 0 bridgehead atoms. The minimum absolute atomic E-state index is 0.303. The van der Waals surface area contributed by atoms with Crippen LogP contribution in [0.25, 0.3) is 11.1 Å². The number of hydrogen-bond donors (Lipinski definition) is 2. The van der Waals surface area contributed by atoms with Crippen LogP contribution in [0.4, 0.5) is 13.2 Å². The molecule has 2 aromatic carbocycles. The van der Waals surface area contributed by atoms with Crippen LogP contribution in [-0.4, -0.2) is 26.4 Å². The fourth-order valence-electron chi connectivity index (χ4n) is 3.42. The lowest BCUT2D eigenvalue weighted by Crippen LogP contribution is -2.33. The van der Waals surface area contributed by atoms with Gasteiger partial charge in [-0.2, -0.15) is 13.2 Å². The lowest BCUT2D eigenvalue weighted by molar-refractivity contribution is -0.139. The van der Waals surface area contributed by atoms with Gasteiger partial charge in [0.2, 0.25) is 15.9 Å². The Morgan fingerprint density at radius 2 is 1.82 bits per heavy atom. The van der Waals surface area contributed by atoms with Crippen LogP contribution in [0.3, 0.4) is 0 Å². The fourth-order valence-corrected chi connectivity index (χ4v) is 4.87. The molecule has 1 atom stereocenters. The Labute approximate surface area is 189 Å². The summed E-state index contributed by atoms with van der Waals surface area (Å²) in [6.07, 6.45) is -1.86. The summed E-state index contributed by atoms with van der Waals surface area (Å²) in [7, 11) is -3.23. The normalized spacial score (nSPS) is 12.9. The fraction of sp³-hybridized carbons (Fsp3) is 0.217. The highest BCUT2D eigenvalue weighted by atomic mass is 32.2. The minimum Gasteiger partial charge on any atom is -0.359 e. The Bertz CT molecular complexity index is 1260. The van der Waals surface area contributed by atoms with Crippen molar-refractivity contribution in [2.24, 2.45) is 0 Å². The van der Waals surface area contributed by atoms with E-state index in [0.717, 1.165) is 28.8 Å². The van der Waals surface area contributed by atoms with E-state index in [0.29, 0.717) is 11.6 Å². The van der Waals surface area contributed by atoms with E-state index in [1.807, 2.05) is 13.0 Å². The number of sulfonamides is 1. The molecule has 3 aromatic rings. The van der Waals surface area contributed by atoms with Crippen LogP contribution in [-0.2, 0) is 21.0 Å². The van der Waals surface area contributed by atoms with Gasteiger partial charge in [0.25, 0.3) is 0 Å². The number of amides is 1. The van der Waals surface area contributed by atoms with E-state index >= 15 is 0 Å². The Hall–Kier alpha value is -3.24. The molecule has 1 amide bonds. The van der Waals surface area contributed by atoms with E-state index < -0.39 is 38.6 Å². The van der Waals surface area contributed by atoms with Gasteiger partial charge in [-0.15, -0.1) is 0 Å². The third-order valence-electron chi connectivity index (χ3n) is 5.07. The number of alkyl halides is 3. The van der Waals surface area contributed by atoms with Crippen LogP contribution in [0.5, 0.6) is 0 Å². The van der Waals surface area contributed by atoms with Crippen LogP contribution in [0, 0.1) is 6.92 Å². The predicted molar refractivity (Wildman–Crippen MR) is 118 cm³/mol. The van der Waals surface area contributed by atoms with Crippen molar-refractivity contribution in [3.05, 3.63) is 83.7 Å². The molecule has 1 heterocycles. The number of rotatable bonds is 7. The van der Waals surface area contributed by atoms with Gasteiger partial charge < -0.3 is 5.32 Å². The third-order valence-corrected chi connectivity index (χ3v) is 6.60. The number of nitrogens with zero attached hydrogens (tertiary/aromatic N) is 1. The maximum absolute atomic E-state index is 13.4. The van der Waals surface area contributed by atoms with Gasteiger partial charge in [0.05, 0.1) is 16.5 Å². The van der Waals surface area contributed by atoms with Crippen molar-refractivity contribution >= 4 is 15.9 Å². The number of nitrogens with one attached hydrogen (secondary N) is 2. The van der Waals surface area contributed by atoms with Crippen molar-refractivity contribution in [2.45, 2.75) is 30.5 Å². The molecule has 6 nitrogen and oxygen atoms in total. The van der Waals surface area contributed by atoms with E-state index in [9.17, 15) is 26.4 Å². The zero-order valence-electron chi connectivity index (χ0n) is 17.8. The van der Waals surface area contributed by atoms with E-state index in [-0.39, 0.29) is 6.42 Å². The summed E-state index contributed by atoms with van der Waals surface area (Å²) in [6.45, 7) is 1.87. The highest BCUT2D eigenvalue weighted by Crippen LogP contribution is 2.35. The van der Waals surface area contributed by atoms with Gasteiger partial charge in [0, 0.05) is 25.9 Å². The molecule has 1 aromatic heterocycles. The van der Waals surface area contributed by atoms with Crippen LogP contribution in [0.15, 0.2) is 71.9 Å². The van der Waals surface area contributed by atoms with Crippen LogP contribution in [0.1, 0.15) is 29.2 Å². The van der Waals surface area contributed by atoms with Crippen molar-refractivity contribution < 1.29 is 26.4 Å². The predicted octanol–water partition coefficient (Wildman–Crippen LogP) is 4.23. The molecule has 2 N–H and O–H groups in total. The number of carbonyl (C=O) groups is 1. The number of hydrogen-bond acceptors (Lipinski definition) is 4. The summed E-state index contributed by atoms with van der Waals surface area (Å²) < 4.78 is 68.6. The quantitative estimate of drug-likeness (QED) is 0.533. The largest absolute Gasteiger partial charge is 0.417 e. The van der Waals surface area contributed by atoms with Crippen molar-refractivity contribution in [1.29, 1.82) is 0 Å². The van der Waals surface area contributed by atoms with Gasteiger partial charge in [-0.05, 0) is 53.4 Å². The second-order valence-corrected chi connectivity index (χ2v) is 9.04. The molecule has 0 saturated heterocycles. The van der Waals surface area contributed by atoms with E-state index in [1.54, 1.807) is 36.7 Å². The standard InChI is InChI=1S/C23H22F3N3O3S/c1-15-14-28-11-10-18(15)16-6-5-7-17(12-16)20(13-22(30)27-2)29-33(31,32)21-9-4-3-8-19(21)23(24,25)26/h3-12,14,20,29H,13H2,1-2H3,(H,27,30). The van der Waals surface area contributed by atoms with Crippen LogP contribution >= 0.6 is 0 Å². The van der Waals surface area contributed by atoms with E-state index in [2.05, 4.69) is 15.0 Å². The first-order valence-corrected chi connectivity index (χ1v) is 11.4. The zero-order valence-corrected chi connectivity index (χ0v) is 18.7. The van der Waals surface area contributed by atoms with E-state index in [4.69, 9.17) is 0 Å². The number of aryl methyl sites for hydroxylation is 1. The molecule has 174 valence electrons. The lowest BCUT2D eigenvalue weighted by Gasteiger charge is -2.21. The van der Waals surface area contributed by atoms with Crippen molar-refractivity contribution in [1.82, 2.24) is 15.0 Å². The first kappa shape index (κ1) is 24.4. The van der Waals surface area contributed by atoms with Crippen LogP contribution < -0.4 is 10.0 Å². The van der Waals surface area contributed by atoms with Gasteiger partial charge >= 0.3 is 6.18 Å². The number of pyridine rings is 1. The monoisotopic (exact) mass is 477 g/mol. The Kier molecular flexibility index (Phi) is 7.19. The SMILES string of the molecule is CNC(=O)CC(NS(=O)(=O)c1ccccc1C(F)(F)F)c1cccc(-c2ccncc2C)c1. The smallest absolute Gasteiger partial charge is 0.359 e. The molecule has 0 aliphatic carbocycles. The van der Waals surface area contributed by atoms with Gasteiger partial charge in [-0.25, -0.2) is 13.1 Å². The summed E-state index contributed by atoms with van der Waals surface area (Å²) in [4.78, 5) is 15.3. The van der Waals surface area contributed by atoms with Crippen molar-refractivity contribution in [2.75, 3.05) is 7.05 Å². The first-order chi connectivity index (χ1) is 15.5. The second kappa shape index (κ2) is 9.72. The average molecular weight is 478 g/mol.